The maximum absolute atomic E-state index is 6.31. The van der Waals surface area contributed by atoms with E-state index in [4.69, 9.17) is 11.6 Å². The van der Waals surface area contributed by atoms with E-state index in [1.165, 1.54) is 29.1 Å². The van der Waals surface area contributed by atoms with E-state index in [2.05, 4.69) is 23.5 Å². The fourth-order valence-corrected chi connectivity index (χ4v) is 3.60. The first-order valence-electron chi connectivity index (χ1n) is 5.32. The molecule has 0 aromatic heterocycles. The van der Waals surface area contributed by atoms with Gasteiger partial charge < -0.3 is 5.32 Å². The molecule has 1 aliphatic rings. The molecule has 1 N–H and O–H groups in total. The van der Waals surface area contributed by atoms with Gasteiger partial charge in [0.25, 0.3) is 0 Å². The zero-order chi connectivity index (χ0) is 10.7. The average molecular weight is 242 g/mol. The fourth-order valence-electron chi connectivity index (χ4n) is 2.00. The van der Waals surface area contributed by atoms with Gasteiger partial charge in [0.1, 0.15) is 0 Å². The number of halogens is 1. The fraction of sp³-hybridized carbons (Fsp3) is 0.500. The van der Waals surface area contributed by atoms with Crippen LogP contribution in [0.1, 0.15) is 23.5 Å². The quantitative estimate of drug-likeness (QED) is 0.872. The van der Waals surface area contributed by atoms with Crippen molar-refractivity contribution in [1.29, 1.82) is 0 Å². The molecule has 1 nitrogen and oxygen atoms in total. The maximum atomic E-state index is 6.31. The van der Waals surface area contributed by atoms with Crippen molar-refractivity contribution < 1.29 is 0 Å². The molecule has 1 unspecified atom stereocenters. The minimum absolute atomic E-state index is 0.672. The van der Waals surface area contributed by atoms with Crippen molar-refractivity contribution in [3.05, 3.63) is 34.3 Å². The SMILES string of the molecule is CNCc1ccc(C2CCSC2)c(Cl)c1. The van der Waals surface area contributed by atoms with Crippen molar-refractivity contribution >= 4 is 23.4 Å². The topological polar surface area (TPSA) is 12.0 Å². The lowest BCUT2D eigenvalue weighted by Crippen LogP contribution is -2.05. The third-order valence-corrected chi connectivity index (χ3v) is 4.31. The largest absolute Gasteiger partial charge is 0.316 e. The van der Waals surface area contributed by atoms with E-state index >= 15 is 0 Å². The van der Waals surface area contributed by atoms with Crippen LogP contribution < -0.4 is 5.32 Å². The van der Waals surface area contributed by atoms with Gasteiger partial charge >= 0.3 is 0 Å². The first-order valence-corrected chi connectivity index (χ1v) is 6.85. The summed E-state index contributed by atoms with van der Waals surface area (Å²) in [6, 6.07) is 6.47. The summed E-state index contributed by atoms with van der Waals surface area (Å²) >= 11 is 8.34. The highest BCUT2D eigenvalue weighted by molar-refractivity contribution is 7.99. The summed E-state index contributed by atoms with van der Waals surface area (Å²) in [5.41, 5.74) is 2.60. The normalized spacial score (nSPS) is 20.8. The van der Waals surface area contributed by atoms with Crippen LogP contribution in [0.25, 0.3) is 0 Å². The molecule has 0 aliphatic carbocycles. The number of hydrogen-bond acceptors (Lipinski definition) is 2. The second-order valence-electron chi connectivity index (χ2n) is 3.95. The van der Waals surface area contributed by atoms with E-state index in [1.54, 1.807) is 0 Å². The average Bonchev–Trinajstić information content (AvgIpc) is 2.71. The number of hydrogen-bond donors (Lipinski definition) is 1. The van der Waals surface area contributed by atoms with Crippen LogP contribution >= 0.6 is 23.4 Å². The van der Waals surface area contributed by atoms with Crippen molar-refractivity contribution in [1.82, 2.24) is 5.32 Å². The third-order valence-electron chi connectivity index (χ3n) is 2.82. The van der Waals surface area contributed by atoms with Gasteiger partial charge in [0.2, 0.25) is 0 Å². The zero-order valence-electron chi connectivity index (χ0n) is 8.92. The molecule has 1 aliphatic heterocycles. The summed E-state index contributed by atoms with van der Waals surface area (Å²) in [6.45, 7) is 0.888. The molecule has 1 fully saturated rings. The third kappa shape index (κ3) is 2.68. The van der Waals surface area contributed by atoms with E-state index in [0.29, 0.717) is 5.92 Å². The van der Waals surface area contributed by atoms with E-state index in [-0.39, 0.29) is 0 Å². The first-order chi connectivity index (χ1) is 7.31. The van der Waals surface area contributed by atoms with Crippen molar-refractivity contribution in [2.24, 2.45) is 0 Å². The van der Waals surface area contributed by atoms with E-state index in [1.807, 2.05) is 18.8 Å². The maximum Gasteiger partial charge on any atom is 0.0444 e. The minimum atomic E-state index is 0.672. The van der Waals surface area contributed by atoms with Gasteiger partial charge in [-0.05, 0) is 42.3 Å². The summed E-state index contributed by atoms with van der Waals surface area (Å²) in [5, 5.41) is 4.08. The molecule has 3 heteroatoms. The Kier molecular flexibility index (Phi) is 3.95. The van der Waals surface area contributed by atoms with Crippen LogP contribution in [-0.2, 0) is 6.54 Å². The summed E-state index contributed by atoms with van der Waals surface area (Å²) in [7, 11) is 1.95. The highest BCUT2D eigenvalue weighted by atomic mass is 35.5. The van der Waals surface area contributed by atoms with Crippen molar-refractivity contribution in [3.63, 3.8) is 0 Å². The Morgan fingerprint density at radius 2 is 2.40 bits per heavy atom. The van der Waals surface area contributed by atoms with Gasteiger partial charge in [0, 0.05) is 17.3 Å². The Balaban J connectivity index is 2.18. The molecule has 0 radical (unpaired) electrons. The molecule has 0 saturated carbocycles. The second-order valence-corrected chi connectivity index (χ2v) is 5.50. The lowest BCUT2D eigenvalue weighted by molar-refractivity contribution is 0.777. The molecule has 0 amide bonds. The van der Waals surface area contributed by atoms with Crippen molar-refractivity contribution in [2.75, 3.05) is 18.6 Å². The molecule has 1 saturated heterocycles. The lowest BCUT2D eigenvalue weighted by atomic mass is 9.97. The Labute approximate surface area is 101 Å². The summed E-state index contributed by atoms with van der Waals surface area (Å²) in [4.78, 5) is 0. The van der Waals surface area contributed by atoms with E-state index in [0.717, 1.165) is 11.6 Å². The molecule has 1 heterocycles. The molecule has 0 spiro atoms. The predicted octanol–water partition coefficient (Wildman–Crippen LogP) is 3.28. The van der Waals surface area contributed by atoms with E-state index in [9.17, 15) is 0 Å². The molecule has 2 rings (SSSR count). The van der Waals surface area contributed by atoms with Gasteiger partial charge in [0.15, 0.2) is 0 Å². The first kappa shape index (κ1) is 11.3. The molecular formula is C12H16ClNS. The minimum Gasteiger partial charge on any atom is -0.316 e. The van der Waals surface area contributed by atoms with Gasteiger partial charge in [-0.3, -0.25) is 0 Å². The van der Waals surface area contributed by atoms with Crippen molar-refractivity contribution in [2.45, 2.75) is 18.9 Å². The van der Waals surface area contributed by atoms with Crippen LogP contribution in [0.4, 0.5) is 0 Å². The van der Waals surface area contributed by atoms with Crippen LogP contribution in [0.15, 0.2) is 18.2 Å². The number of rotatable bonds is 3. The van der Waals surface area contributed by atoms with E-state index < -0.39 is 0 Å². The Hall–Kier alpha value is -0.180. The monoisotopic (exact) mass is 241 g/mol. The van der Waals surface area contributed by atoms with Crippen molar-refractivity contribution in [3.8, 4) is 0 Å². The van der Waals surface area contributed by atoms with Crippen LogP contribution in [0.5, 0.6) is 0 Å². The van der Waals surface area contributed by atoms with Crippen LogP contribution in [-0.4, -0.2) is 18.6 Å². The number of benzene rings is 1. The Morgan fingerprint density at radius 3 is 3.00 bits per heavy atom. The molecule has 1 aromatic carbocycles. The number of nitrogens with one attached hydrogen (secondary N) is 1. The smallest absolute Gasteiger partial charge is 0.0444 e. The van der Waals surface area contributed by atoms with Gasteiger partial charge in [0.05, 0.1) is 0 Å². The Bertz CT molecular complexity index is 334. The molecule has 1 aromatic rings. The van der Waals surface area contributed by atoms with Gasteiger partial charge in [-0.1, -0.05) is 23.7 Å². The van der Waals surface area contributed by atoms with Gasteiger partial charge in [-0.2, -0.15) is 11.8 Å². The highest BCUT2D eigenvalue weighted by Crippen LogP contribution is 2.36. The van der Waals surface area contributed by atoms with Crippen LogP contribution in [0.2, 0.25) is 5.02 Å². The Morgan fingerprint density at radius 1 is 1.53 bits per heavy atom. The lowest BCUT2D eigenvalue weighted by Gasteiger charge is -2.12. The highest BCUT2D eigenvalue weighted by Gasteiger charge is 2.19. The van der Waals surface area contributed by atoms with Gasteiger partial charge in [-0.25, -0.2) is 0 Å². The molecule has 82 valence electrons. The molecule has 15 heavy (non-hydrogen) atoms. The zero-order valence-corrected chi connectivity index (χ0v) is 10.5. The van der Waals surface area contributed by atoms with Crippen LogP contribution in [0.3, 0.4) is 0 Å². The van der Waals surface area contributed by atoms with Gasteiger partial charge in [-0.15, -0.1) is 0 Å². The standard InChI is InChI=1S/C12H16ClNS/c1-14-7-9-2-3-11(12(13)6-9)10-4-5-15-8-10/h2-3,6,10,14H,4-5,7-8H2,1H3. The number of thioether (sulfide) groups is 1. The summed E-state index contributed by atoms with van der Waals surface area (Å²) in [6.07, 6.45) is 1.27. The van der Waals surface area contributed by atoms with Crippen LogP contribution in [0, 0.1) is 0 Å². The predicted molar refractivity (Wildman–Crippen MR) is 68.9 cm³/mol. The molecule has 0 bridgehead atoms. The molecular weight excluding hydrogens is 226 g/mol. The second kappa shape index (κ2) is 5.24. The summed E-state index contributed by atoms with van der Waals surface area (Å²) < 4.78 is 0. The molecule has 1 atom stereocenters. The summed E-state index contributed by atoms with van der Waals surface area (Å²) in [5.74, 6) is 3.18.